The Morgan fingerprint density at radius 3 is 2.48 bits per heavy atom. The second-order valence-corrected chi connectivity index (χ2v) is 7.90. The predicted molar refractivity (Wildman–Crippen MR) is 92.5 cm³/mol. The molecule has 114 valence electrons. The van der Waals surface area contributed by atoms with Crippen LogP contribution in [0, 0.1) is 37.5 Å². The van der Waals surface area contributed by atoms with Crippen molar-refractivity contribution in [1.82, 2.24) is 0 Å². The van der Waals surface area contributed by atoms with E-state index in [1.807, 2.05) is 0 Å². The number of benzene rings is 1. The minimum Gasteiger partial charge on any atom is -0.0761 e. The number of hydrogen-bond acceptors (Lipinski definition) is 0. The first-order valence-corrected chi connectivity index (χ1v) is 8.77. The van der Waals surface area contributed by atoms with Crippen molar-refractivity contribution in [3.63, 3.8) is 0 Å². The lowest BCUT2D eigenvalue weighted by molar-refractivity contribution is 0.132. The van der Waals surface area contributed by atoms with Crippen molar-refractivity contribution in [2.45, 2.75) is 59.8 Å². The van der Waals surface area contributed by atoms with Crippen molar-refractivity contribution in [3.05, 3.63) is 40.5 Å². The normalized spacial score (nSPS) is 31.7. The highest BCUT2D eigenvalue weighted by molar-refractivity contribution is 5.67. The van der Waals surface area contributed by atoms with Gasteiger partial charge < -0.3 is 0 Å². The van der Waals surface area contributed by atoms with Crippen LogP contribution in [0.25, 0.3) is 6.08 Å². The summed E-state index contributed by atoms with van der Waals surface area (Å²) >= 11 is 0. The van der Waals surface area contributed by atoms with E-state index in [0.717, 1.165) is 23.7 Å². The Morgan fingerprint density at radius 1 is 1.05 bits per heavy atom. The first-order chi connectivity index (χ1) is 9.99. The average Bonchev–Trinajstić information content (AvgIpc) is 2.88. The van der Waals surface area contributed by atoms with E-state index in [-0.39, 0.29) is 0 Å². The summed E-state index contributed by atoms with van der Waals surface area (Å²) in [6.07, 6.45) is 9.18. The summed E-state index contributed by atoms with van der Waals surface area (Å²) in [4.78, 5) is 0. The van der Waals surface area contributed by atoms with E-state index >= 15 is 0 Å². The van der Waals surface area contributed by atoms with Gasteiger partial charge in [0.05, 0.1) is 0 Å². The van der Waals surface area contributed by atoms with Crippen molar-refractivity contribution in [2.75, 3.05) is 0 Å². The average molecular weight is 282 g/mol. The molecular formula is C21H30. The molecule has 0 N–H and O–H groups in total. The Morgan fingerprint density at radius 2 is 1.76 bits per heavy atom. The molecule has 0 saturated heterocycles. The van der Waals surface area contributed by atoms with Gasteiger partial charge in [-0.1, -0.05) is 51.5 Å². The molecule has 1 aromatic rings. The second-order valence-electron chi connectivity index (χ2n) is 7.90. The molecule has 0 heteroatoms. The van der Waals surface area contributed by atoms with Crippen LogP contribution in [0.15, 0.2) is 18.2 Å². The van der Waals surface area contributed by atoms with Gasteiger partial charge in [-0.25, -0.2) is 0 Å². The van der Waals surface area contributed by atoms with Gasteiger partial charge in [-0.15, -0.1) is 0 Å². The lowest BCUT2D eigenvalue weighted by atomic mass is 9.64. The maximum Gasteiger partial charge on any atom is 0.00610 e. The number of rotatable bonds is 2. The predicted octanol–water partition coefficient (Wildman–Crippen LogP) is 6.12. The number of fused-ring (bicyclic) bond motifs is 1. The van der Waals surface area contributed by atoms with E-state index in [2.05, 4.69) is 58.9 Å². The van der Waals surface area contributed by atoms with E-state index in [1.165, 1.54) is 36.0 Å². The molecule has 1 fully saturated rings. The number of aryl methyl sites for hydroxylation is 2. The summed E-state index contributed by atoms with van der Waals surface area (Å²) in [5.74, 6) is 4.10. The van der Waals surface area contributed by atoms with Crippen LogP contribution in [0.5, 0.6) is 0 Å². The van der Waals surface area contributed by atoms with Crippen LogP contribution in [0.2, 0.25) is 0 Å². The van der Waals surface area contributed by atoms with Gasteiger partial charge in [-0.3, -0.25) is 0 Å². The third kappa shape index (κ3) is 2.58. The van der Waals surface area contributed by atoms with E-state index in [9.17, 15) is 0 Å². The Balaban J connectivity index is 1.98. The molecule has 1 unspecified atom stereocenters. The molecule has 3 rings (SSSR count). The van der Waals surface area contributed by atoms with E-state index < -0.39 is 0 Å². The fourth-order valence-electron chi connectivity index (χ4n) is 4.86. The largest absolute Gasteiger partial charge is 0.0761 e. The zero-order valence-corrected chi connectivity index (χ0v) is 14.3. The van der Waals surface area contributed by atoms with Gasteiger partial charge in [-0.2, -0.15) is 0 Å². The quantitative estimate of drug-likeness (QED) is 0.612. The minimum absolute atomic E-state index is 0.662. The third-order valence-electron chi connectivity index (χ3n) is 6.06. The molecule has 4 atom stereocenters. The molecule has 0 heterocycles. The van der Waals surface area contributed by atoms with Crippen molar-refractivity contribution in [2.24, 2.45) is 23.7 Å². The molecule has 1 saturated carbocycles. The molecule has 0 aliphatic heterocycles. The van der Waals surface area contributed by atoms with Gasteiger partial charge >= 0.3 is 0 Å². The zero-order chi connectivity index (χ0) is 15.1. The molecule has 0 amide bonds. The number of allylic oxidation sites excluding steroid dienone is 1. The summed E-state index contributed by atoms with van der Waals surface area (Å²) in [7, 11) is 0. The molecule has 21 heavy (non-hydrogen) atoms. The van der Waals surface area contributed by atoms with Crippen molar-refractivity contribution in [1.29, 1.82) is 0 Å². The van der Waals surface area contributed by atoms with Gasteiger partial charge in [0.2, 0.25) is 0 Å². The molecule has 2 aliphatic carbocycles. The van der Waals surface area contributed by atoms with Gasteiger partial charge in [0.15, 0.2) is 0 Å². The monoisotopic (exact) mass is 282 g/mol. The number of hydrogen-bond donors (Lipinski definition) is 0. The SMILES string of the molecule is Cc1ccc(C)c2c1C=CC2[C@@H]1C[C@H](C)CC[C@H]1C(C)C. The van der Waals surface area contributed by atoms with Crippen molar-refractivity contribution >= 4 is 6.08 Å². The lowest BCUT2D eigenvalue weighted by Crippen LogP contribution is -2.31. The van der Waals surface area contributed by atoms with Crippen LogP contribution in [-0.2, 0) is 0 Å². The highest BCUT2D eigenvalue weighted by Crippen LogP contribution is 2.49. The highest BCUT2D eigenvalue weighted by atomic mass is 14.4. The van der Waals surface area contributed by atoms with Crippen LogP contribution >= 0.6 is 0 Å². The Labute approximate surface area is 130 Å². The molecule has 2 aliphatic rings. The fourth-order valence-corrected chi connectivity index (χ4v) is 4.86. The first-order valence-electron chi connectivity index (χ1n) is 8.77. The van der Waals surface area contributed by atoms with Gasteiger partial charge in [0.25, 0.3) is 0 Å². The summed E-state index contributed by atoms with van der Waals surface area (Å²) in [6, 6.07) is 4.61. The highest BCUT2D eigenvalue weighted by Gasteiger charge is 2.38. The van der Waals surface area contributed by atoms with Crippen molar-refractivity contribution < 1.29 is 0 Å². The smallest absolute Gasteiger partial charge is 0.00610 e. The standard InChI is InChI=1S/C21H30/c1-13(2)17-9-6-14(3)12-20(17)19-11-10-18-15(4)7-8-16(5)21(18)19/h7-8,10-11,13-14,17,19-20H,6,9,12H2,1-5H3/t14-,17+,19?,20-/m1/s1. The van der Waals surface area contributed by atoms with E-state index in [4.69, 9.17) is 0 Å². The van der Waals surface area contributed by atoms with Crippen molar-refractivity contribution in [3.8, 4) is 0 Å². The summed E-state index contributed by atoms with van der Waals surface area (Å²) in [6.45, 7) is 11.9. The molecule has 0 radical (unpaired) electrons. The van der Waals surface area contributed by atoms with E-state index in [0.29, 0.717) is 5.92 Å². The Hall–Kier alpha value is -1.04. The lowest BCUT2D eigenvalue weighted by Gasteiger charge is -2.41. The van der Waals surface area contributed by atoms with Crippen LogP contribution in [0.3, 0.4) is 0 Å². The Bertz CT molecular complexity index is 549. The molecule has 0 spiro atoms. The maximum absolute atomic E-state index is 2.52. The summed E-state index contributed by atoms with van der Waals surface area (Å²) < 4.78 is 0. The molecule has 1 aromatic carbocycles. The van der Waals surface area contributed by atoms with Crippen LogP contribution in [0.1, 0.15) is 68.2 Å². The molecular weight excluding hydrogens is 252 g/mol. The second kappa shape index (κ2) is 5.63. The summed E-state index contributed by atoms with van der Waals surface area (Å²) in [5.41, 5.74) is 6.09. The third-order valence-corrected chi connectivity index (χ3v) is 6.06. The molecule has 0 aromatic heterocycles. The Kier molecular flexibility index (Phi) is 3.99. The first kappa shape index (κ1) is 14.9. The van der Waals surface area contributed by atoms with Crippen LogP contribution in [-0.4, -0.2) is 0 Å². The van der Waals surface area contributed by atoms with E-state index in [1.54, 1.807) is 5.56 Å². The molecule has 0 nitrogen and oxygen atoms in total. The van der Waals surface area contributed by atoms with Gasteiger partial charge in [-0.05, 0) is 72.6 Å². The zero-order valence-electron chi connectivity index (χ0n) is 14.3. The summed E-state index contributed by atoms with van der Waals surface area (Å²) in [5, 5.41) is 0. The van der Waals surface area contributed by atoms with Crippen LogP contribution in [0.4, 0.5) is 0 Å². The van der Waals surface area contributed by atoms with Gasteiger partial charge in [0.1, 0.15) is 0 Å². The minimum atomic E-state index is 0.662. The van der Waals surface area contributed by atoms with Gasteiger partial charge in [0, 0.05) is 5.92 Å². The topological polar surface area (TPSA) is 0 Å². The molecule has 0 bridgehead atoms. The maximum atomic E-state index is 2.52. The van der Waals surface area contributed by atoms with Crippen LogP contribution < -0.4 is 0 Å². The fraction of sp³-hybridized carbons (Fsp3) is 0.619.